The minimum absolute atomic E-state index is 0.133. The lowest BCUT2D eigenvalue weighted by Gasteiger charge is -2.33. The maximum atomic E-state index is 12.8. The van der Waals surface area contributed by atoms with Gasteiger partial charge in [0, 0.05) is 0 Å². The van der Waals surface area contributed by atoms with E-state index in [1.54, 1.807) is 0 Å². The standard InChI is InChI=1S/C17H31NO3S/c1-5-6-7-8-9-14-15(21-14)16(19)18-13(10-11-22-4)12-20-17(18,2)3/h13-15H,5-12H2,1-4H3/t13-,14+,15-/m0/s1. The lowest BCUT2D eigenvalue weighted by molar-refractivity contribution is -0.147. The van der Waals surface area contributed by atoms with Gasteiger partial charge in [0.1, 0.15) is 5.72 Å². The van der Waals surface area contributed by atoms with Crippen LogP contribution in [0, 0.1) is 0 Å². The number of ether oxygens (including phenoxy) is 2. The molecule has 2 aliphatic rings. The molecule has 4 nitrogen and oxygen atoms in total. The maximum Gasteiger partial charge on any atom is 0.257 e. The molecular formula is C17H31NO3S. The number of carbonyl (C=O) groups is 1. The molecule has 2 heterocycles. The van der Waals surface area contributed by atoms with Crippen molar-refractivity contribution in [2.75, 3.05) is 18.6 Å². The first kappa shape index (κ1) is 18.1. The van der Waals surface area contributed by atoms with Crippen molar-refractivity contribution in [1.29, 1.82) is 0 Å². The number of hydrogen-bond acceptors (Lipinski definition) is 4. The van der Waals surface area contributed by atoms with Crippen LogP contribution in [0.4, 0.5) is 0 Å². The van der Waals surface area contributed by atoms with Gasteiger partial charge in [0.2, 0.25) is 0 Å². The molecule has 0 unspecified atom stereocenters. The number of nitrogens with zero attached hydrogens (tertiary/aromatic N) is 1. The van der Waals surface area contributed by atoms with E-state index < -0.39 is 5.72 Å². The normalized spacial score (nSPS) is 29.8. The molecular weight excluding hydrogens is 298 g/mol. The predicted molar refractivity (Wildman–Crippen MR) is 91.1 cm³/mol. The fourth-order valence-electron chi connectivity index (χ4n) is 3.28. The van der Waals surface area contributed by atoms with Crippen LogP contribution < -0.4 is 0 Å². The van der Waals surface area contributed by atoms with E-state index in [1.165, 1.54) is 19.3 Å². The lowest BCUT2D eigenvalue weighted by Crippen LogP contribution is -2.50. The third-order valence-corrected chi connectivity index (χ3v) is 5.28. The summed E-state index contributed by atoms with van der Waals surface area (Å²) in [6.07, 6.45) is 8.94. The molecule has 0 aromatic rings. The van der Waals surface area contributed by atoms with Crippen molar-refractivity contribution in [3.05, 3.63) is 0 Å². The monoisotopic (exact) mass is 329 g/mol. The van der Waals surface area contributed by atoms with E-state index in [0.717, 1.165) is 25.0 Å². The highest BCUT2D eigenvalue weighted by atomic mass is 32.2. The average Bonchev–Trinajstić information content (AvgIpc) is 3.19. The van der Waals surface area contributed by atoms with E-state index in [1.807, 2.05) is 30.5 Å². The Labute approximate surface area is 139 Å². The Morgan fingerprint density at radius 1 is 1.27 bits per heavy atom. The van der Waals surface area contributed by atoms with E-state index in [-0.39, 0.29) is 24.2 Å². The molecule has 2 saturated heterocycles. The first-order valence-corrected chi connectivity index (χ1v) is 10.0. The van der Waals surface area contributed by atoms with Gasteiger partial charge in [-0.25, -0.2) is 0 Å². The Morgan fingerprint density at radius 3 is 2.73 bits per heavy atom. The summed E-state index contributed by atoms with van der Waals surface area (Å²) in [5.74, 6) is 1.19. The van der Waals surface area contributed by atoms with E-state index in [2.05, 4.69) is 13.2 Å². The summed E-state index contributed by atoms with van der Waals surface area (Å²) in [5, 5.41) is 0. The molecule has 1 amide bonds. The number of carbonyl (C=O) groups excluding carboxylic acids is 1. The van der Waals surface area contributed by atoms with Gasteiger partial charge in [-0.05, 0) is 38.7 Å². The fraction of sp³-hybridized carbons (Fsp3) is 0.941. The maximum absolute atomic E-state index is 12.8. The first-order chi connectivity index (χ1) is 10.5. The molecule has 2 aliphatic heterocycles. The van der Waals surface area contributed by atoms with Gasteiger partial charge in [0.15, 0.2) is 6.10 Å². The lowest BCUT2D eigenvalue weighted by atomic mass is 10.1. The summed E-state index contributed by atoms with van der Waals surface area (Å²) >= 11 is 1.82. The van der Waals surface area contributed by atoms with E-state index in [0.29, 0.717) is 6.61 Å². The second kappa shape index (κ2) is 8.02. The molecule has 3 atom stereocenters. The highest BCUT2D eigenvalue weighted by Crippen LogP contribution is 2.36. The van der Waals surface area contributed by atoms with Crippen molar-refractivity contribution >= 4 is 17.7 Å². The van der Waals surface area contributed by atoms with E-state index >= 15 is 0 Å². The second-order valence-electron chi connectivity index (χ2n) is 6.85. The van der Waals surface area contributed by atoms with Crippen LogP contribution in [0.1, 0.15) is 59.3 Å². The minimum Gasteiger partial charge on any atom is -0.359 e. The van der Waals surface area contributed by atoms with Crippen LogP contribution in [0.5, 0.6) is 0 Å². The molecule has 2 rings (SSSR count). The second-order valence-corrected chi connectivity index (χ2v) is 7.83. The van der Waals surface area contributed by atoms with Crippen molar-refractivity contribution in [2.45, 2.75) is 83.3 Å². The van der Waals surface area contributed by atoms with Gasteiger partial charge in [-0.1, -0.05) is 32.6 Å². The van der Waals surface area contributed by atoms with Crippen LogP contribution in [0.15, 0.2) is 0 Å². The Balaban J connectivity index is 1.84. The summed E-state index contributed by atoms with van der Waals surface area (Å²) in [6, 6.07) is 0.194. The molecule has 128 valence electrons. The summed E-state index contributed by atoms with van der Waals surface area (Å²) in [6.45, 7) is 6.84. The molecule has 22 heavy (non-hydrogen) atoms. The fourth-order valence-corrected chi connectivity index (χ4v) is 3.79. The average molecular weight is 330 g/mol. The van der Waals surface area contributed by atoms with Crippen molar-refractivity contribution in [2.24, 2.45) is 0 Å². The van der Waals surface area contributed by atoms with E-state index in [9.17, 15) is 4.79 Å². The topological polar surface area (TPSA) is 42.1 Å². The highest BCUT2D eigenvalue weighted by molar-refractivity contribution is 7.98. The van der Waals surface area contributed by atoms with Crippen LogP contribution in [0.3, 0.4) is 0 Å². The summed E-state index contributed by atoms with van der Waals surface area (Å²) in [5.41, 5.74) is -0.501. The third-order valence-electron chi connectivity index (χ3n) is 4.63. The highest BCUT2D eigenvalue weighted by Gasteiger charge is 2.53. The van der Waals surface area contributed by atoms with Gasteiger partial charge in [-0.2, -0.15) is 11.8 Å². The first-order valence-electron chi connectivity index (χ1n) is 8.62. The summed E-state index contributed by atoms with van der Waals surface area (Å²) in [7, 11) is 0. The Kier molecular flexibility index (Phi) is 6.59. The molecule has 0 aliphatic carbocycles. The van der Waals surface area contributed by atoms with Crippen molar-refractivity contribution in [3.8, 4) is 0 Å². The van der Waals surface area contributed by atoms with Crippen LogP contribution in [-0.2, 0) is 14.3 Å². The van der Waals surface area contributed by atoms with Crippen LogP contribution in [-0.4, -0.2) is 53.4 Å². The van der Waals surface area contributed by atoms with E-state index in [4.69, 9.17) is 9.47 Å². The van der Waals surface area contributed by atoms with Crippen molar-refractivity contribution < 1.29 is 14.3 Å². The molecule has 5 heteroatoms. The third kappa shape index (κ3) is 4.39. The van der Waals surface area contributed by atoms with Crippen LogP contribution in [0.2, 0.25) is 0 Å². The van der Waals surface area contributed by atoms with Gasteiger partial charge in [0.25, 0.3) is 5.91 Å². The van der Waals surface area contributed by atoms with Gasteiger partial charge >= 0.3 is 0 Å². The van der Waals surface area contributed by atoms with Gasteiger partial charge in [0.05, 0.1) is 18.8 Å². The number of unbranched alkanes of at least 4 members (excludes halogenated alkanes) is 3. The smallest absolute Gasteiger partial charge is 0.257 e. The zero-order valence-corrected chi connectivity index (χ0v) is 15.3. The zero-order chi connectivity index (χ0) is 16.2. The molecule has 2 fully saturated rings. The van der Waals surface area contributed by atoms with Crippen molar-refractivity contribution in [1.82, 2.24) is 4.90 Å². The number of thioether (sulfide) groups is 1. The molecule has 0 bridgehead atoms. The van der Waals surface area contributed by atoms with Crippen LogP contribution in [0.25, 0.3) is 0 Å². The molecule has 0 N–H and O–H groups in total. The van der Waals surface area contributed by atoms with Crippen molar-refractivity contribution in [3.63, 3.8) is 0 Å². The zero-order valence-electron chi connectivity index (χ0n) is 14.5. The van der Waals surface area contributed by atoms with Crippen LogP contribution >= 0.6 is 11.8 Å². The number of amides is 1. The summed E-state index contributed by atoms with van der Waals surface area (Å²) < 4.78 is 11.5. The molecule has 0 aromatic carbocycles. The molecule has 0 spiro atoms. The molecule has 0 saturated carbocycles. The number of epoxide rings is 1. The SMILES string of the molecule is CCCCCC[C@H]1O[C@@H]1C(=O)N1[C@@H](CCSC)COC1(C)C. The van der Waals surface area contributed by atoms with Gasteiger partial charge in [-0.3, -0.25) is 4.79 Å². The Hall–Kier alpha value is -0.260. The quantitative estimate of drug-likeness (QED) is 0.480. The Morgan fingerprint density at radius 2 is 2.05 bits per heavy atom. The van der Waals surface area contributed by atoms with Gasteiger partial charge < -0.3 is 14.4 Å². The number of rotatable bonds is 9. The minimum atomic E-state index is -0.501. The van der Waals surface area contributed by atoms with Gasteiger partial charge in [-0.15, -0.1) is 0 Å². The largest absolute Gasteiger partial charge is 0.359 e. The number of hydrogen-bond donors (Lipinski definition) is 0. The molecule has 0 radical (unpaired) electrons. The Bertz CT molecular complexity index is 375. The summed E-state index contributed by atoms with van der Waals surface area (Å²) in [4.78, 5) is 14.8. The predicted octanol–water partition coefficient (Wildman–Crippen LogP) is 3.44. The molecule has 0 aromatic heterocycles.